The third-order valence-corrected chi connectivity index (χ3v) is 3.76. The minimum absolute atomic E-state index is 0.169. The molecule has 0 fully saturated rings. The molecule has 0 aliphatic carbocycles. The Kier molecular flexibility index (Phi) is 4.66. The number of aromatic nitrogens is 2. The van der Waals surface area contributed by atoms with Crippen molar-refractivity contribution in [1.29, 1.82) is 0 Å². The molecular formula is C13H15ClN2OS. The topological polar surface area (TPSA) is 38.9 Å². The lowest BCUT2D eigenvalue weighted by atomic mass is 10.2. The van der Waals surface area contributed by atoms with Gasteiger partial charge < -0.3 is 4.52 Å². The van der Waals surface area contributed by atoms with E-state index in [1.54, 1.807) is 11.8 Å². The highest BCUT2D eigenvalue weighted by Crippen LogP contribution is 2.26. The fraction of sp³-hybridized carbons (Fsp3) is 0.385. The van der Waals surface area contributed by atoms with Crippen molar-refractivity contribution in [3.8, 4) is 11.5 Å². The van der Waals surface area contributed by atoms with Gasteiger partial charge in [0.2, 0.25) is 0 Å². The lowest BCUT2D eigenvalue weighted by Gasteiger charge is -1.99. The van der Waals surface area contributed by atoms with Gasteiger partial charge in [0, 0.05) is 10.5 Å². The van der Waals surface area contributed by atoms with Crippen molar-refractivity contribution in [3.63, 3.8) is 0 Å². The van der Waals surface area contributed by atoms with Crippen LogP contribution in [0.5, 0.6) is 0 Å². The molecule has 1 unspecified atom stereocenters. The maximum Gasteiger partial charge on any atom is 0.257 e. The lowest BCUT2D eigenvalue weighted by Crippen LogP contribution is -1.92. The van der Waals surface area contributed by atoms with Gasteiger partial charge in [-0.3, -0.25) is 0 Å². The minimum Gasteiger partial charge on any atom is -0.334 e. The Morgan fingerprint density at radius 3 is 2.67 bits per heavy atom. The van der Waals surface area contributed by atoms with Gasteiger partial charge in [0.15, 0.2) is 5.82 Å². The Morgan fingerprint density at radius 2 is 2.06 bits per heavy atom. The van der Waals surface area contributed by atoms with Crippen molar-refractivity contribution in [3.05, 3.63) is 30.1 Å². The van der Waals surface area contributed by atoms with E-state index in [0.717, 1.165) is 18.4 Å². The van der Waals surface area contributed by atoms with Crippen LogP contribution in [-0.4, -0.2) is 16.4 Å². The standard InChI is InChI=1S/C13H15ClN2OS/c1-3-4-11(14)12-15-13(17-16-12)9-5-7-10(18-2)8-6-9/h5-8,11H,3-4H2,1-2H3. The predicted octanol–water partition coefficient (Wildman–Crippen LogP) is 4.54. The zero-order valence-electron chi connectivity index (χ0n) is 10.4. The van der Waals surface area contributed by atoms with Crippen LogP contribution in [-0.2, 0) is 0 Å². The summed E-state index contributed by atoms with van der Waals surface area (Å²) in [6, 6.07) is 8.03. The molecule has 0 spiro atoms. The first-order valence-corrected chi connectivity index (χ1v) is 7.52. The Hall–Kier alpha value is -1.00. The van der Waals surface area contributed by atoms with E-state index in [9.17, 15) is 0 Å². The van der Waals surface area contributed by atoms with Gasteiger partial charge >= 0.3 is 0 Å². The number of benzene rings is 1. The monoisotopic (exact) mass is 282 g/mol. The third-order valence-electron chi connectivity index (χ3n) is 2.60. The molecule has 0 saturated heterocycles. The quantitative estimate of drug-likeness (QED) is 0.596. The van der Waals surface area contributed by atoms with Gasteiger partial charge in [0.05, 0.1) is 5.38 Å². The Bertz CT molecular complexity index is 498. The maximum absolute atomic E-state index is 6.17. The average Bonchev–Trinajstić information content (AvgIpc) is 2.89. The smallest absolute Gasteiger partial charge is 0.257 e. The number of halogens is 1. The van der Waals surface area contributed by atoms with E-state index < -0.39 is 0 Å². The molecule has 1 aromatic carbocycles. The van der Waals surface area contributed by atoms with E-state index in [4.69, 9.17) is 16.1 Å². The van der Waals surface area contributed by atoms with Crippen molar-refractivity contribution < 1.29 is 4.52 Å². The zero-order chi connectivity index (χ0) is 13.0. The highest BCUT2D eigenvalue weighted by atomic mass is 35.5. The van der Waals surface area contributed by atoms with E-state index in [0.29, 0.717) is 11.7 Å². The summed E-state index contributed by atoms with van der Waals surface area (Å²) in [5, 5.41) is 3.76. The van der Waals surface area contributed by atoms with Crippen LogP contribution in [0.2, 0.25) is 0 Å². The SMILES string of the molecule is CCCC(Cl)c1noc(-c2ccc(SC)cc2)n1. The van der Waals surface area contributed by atoms with Gasteiger partial charge in [-0.15, -0.1) is 23.4 Å². The Labute approximate surface area is 116 Å². The van der Waals surface area contributed by atoms with Crippen LogP contribution in [0.4, 0.5) is 0 Å². The van der Waals surface area contributed by atoms with Gasteiger partial charge in [-0.1, -0.05) is 18.5 Å². The molecule has 0 radical (unpaired) electrons. The molecule has 0 aliphatic heterocycles. The molecule has 1 heterocycles. The van der Waals surface area contributed by atoms with Crippen LogP contribution >= 0.6 is 23.4 Å². The first-order chi connectivity index (χ1) is 8.74. The van der Waals surface area contributed by atoms with E-state index >= 15 is 0 Å². The molecule has 0 saturated carbocycles. The van der Waals surface area contributed by atoms with Crippen molar-refractivity contribution in [2.24, 2.45) is 0 Å². The van der Waals surface area contributed by atoms with Crippen LogP contribution < -0.4 is 0 Å². The molecule has 0 aliphatic rings. The Morgan fingerprint density at radius 1 is 1.33 bits per heavy atom. The van der Waals surface area contributed by atoms with E-state index in [1.165, 1.54) is 4.90 Å². The Balaban J connectivity index is 2.18. The van der Waals surface area contributed by atoms with E-state index in [1.807, 2.05) is 30.5 Å². The summed E-state index contributed by atoms with van der Waals surface area (Å²) in [5.74, 6) is 1.10. The summed E-state index contributed by atoms with van der Waals surface area (Å²) in [5.41, 5.74) is 0.923. The first-order valence-electron chi connectivity index (χ1n) is 5.86. The molecule has 1 aromatic heterocycles. The molecular weight excluding hydrogens is 268 g/mol. The summed E-state index contributed by atoms with van der Waals surface area (Å²) >= 11 is 7.87. The number of hydrogen-bond donors (Lipinski definition) is 0. The molecule has 0 amide bonds. The second kappa shape index (κ2) is 6.25. The first kappa shape index (κ1) is 13.4. The van der Waals surface area contributed by atoms with Crippen LogP contribution in [0.3, 0.4) is 0 Å². The van der Waals surface area contributed by atoms with Gasteiger partial charge in [-0.05, 0) is 36.9 Å². The second-order valence-corrected chi connectivity index (χ2v) is 5.35. The average molecular weight is 283 g/mol. The highest BCUT2D eigenvalue weighted by molar-refractivity contribution is 7.98. The summed E-state index contributed by atoms with van der Waals surface area (Å²) in [6.07, 6.45) is 3.90. The van der Waals surface area contributed by atoms with Crippen LogP contribution in [0.15, 0.2) is 33.7 Å². The molecule has 3 nitrogen and oxygen atoms in total. The van der Waals surface area contributed by atoms with E-state index in [2.05, 4.69) is 17.1 Å². The van der Waals surface area contributed by atoms with Crippen LogP contribution in [0, 0.1) is 0 Å². The largest absolute Gasteiger partial charge is 0.334 e. The summed E-state index contributed by atoms with van der Waals surface area (Å²) in [7, 11) is 0. The summed E-state index contributed by atoms with van der Waals surface area (Å²) in [6.45, 7) is 2.08. The predicted molar refractivity (Wildman–Crippen MR) is 75.0 cm³/mol. The molecule has 5 heteroatoms. The second-order valence-electron chi connectivity index (χ2n) is 3.94. The van der Waals surface area contributed by atoms with Crippen molar-refractivity contribution in [2.45, 2.75) is 30.0 Å². The summed E-state index contributed by atoms with van der Waals surface area (Å²) in [4.78, 5) is 5.55. The minimum atomic E-state index is -0.169. The van der Waals surface area contributed by atoms with Gasteiger partial charge in [-0.25, -0.2) is 0 Å². The molecule has 2 aromatic rings. The zero-order valence-corrected chi connectivity index (χ0v) is 12.0. The number of rotatable bonds is 5. The van der Waals surface area contributed by atoms with Crippen molar-refractivity contribution in [2.75, 3.05) is 6.26 Å². The molecule has 0 bridgehead atoms. The normalized spacial score (nSPS) is 12.6. The molecule has 1 atom stereocenters. The molecule has 96 valence electrons. The number of nitrogens with zero attached hydrogens (tertiary/aromatic N) is 2. The fourth-order valence-electron chi connectivity index (χ4n) is 1.60. The van der Waals surface area contributed by atoms with Gasteiger partial charge in [0.1, 0.15) is 0 Å². The van der Waals surface area contributed by atoms with Gasteiger partial charge in [-0.2, -0.15) is 4.98 Å². The number of thioether (sulfide) groups is 1. The summed E-state index contributed by atoms with van der Waals surface area (Å²) < 4.78 is 5.24. The lowest BCUT2D eigenvalue weighted by molar-refractivity contribution is 0.420. The maximum atomic E-state index is 6.17. The van der Waals surface area contributed by atoms with E-state index in [-0.39, 0.29) is 5.38 Å². The van der Waals surface area contributed by atoms with Crippen LogP contribution in [0.25, 0.3) is 11.5 Å². The molecule has 0 N–H and O–H groups in total. The molecule has 18 heavy (non-hydrogen) atoms. The fourth-order valence-corrected chi connectivity index (χ4v) is 2.31. The van der Waals surface area contributed by atoms with Crippen molar-refractivity contribution >= 4 is 23.4 Å². The third kappa shape index (κ3) is 3.06. The van der Waals surface area contributed by atoms with Crippen LogP contribution in [0.1, 0.15) is 31.0 Å². The van der Waals surface area contributed by atoms with Crippen molar-refractivity contribution in [1.82, 2.24) is 10.1 Å². The highest BCUT2D eigenvalue weighted by Gasteiger charge is 2.15. The number of hydrogen-bond acceptors (Lipinski definition) is 4. The molecule has 2 rings (SSSR count). The van der Waals surface area contributed by atoms with Gasteiger partial charge in [0.25, 0.3) is 5.89 Å². The number of alkyl halides is 1.